The van der Waals surface area contributed by atoms with E-state index in [0.29, 0.717) is 18.9 Å². The number of carbonyl (C=O) groups excluding carboxylic acids is 1. The summed E-state index contributed by atoms with van der Waals surface area (Å²) in [7, 11) is 0. The van der Waals surface area contributed by atoms with Crippen molar-refractivity contribution in [1.82, 2.24) is 19.9 Å². The molecule has 0 radical (unpaired) electrons. The minimum absolute atomic E-state index is 0.0529. The van der Waals surface area contributed by atoms with E-state index >= 15 is 0 Å². The van der Waals surface area contributed by atoms with E-state index in [9.17, 15) is 4.79 Å². The molecule has 0 aliphatic heterocycles. The molecule has 0 aromatic carbocycles. The lowest BCUT2D eigenvalue weighted by atomic mass is 10.0. The number of hydrogen-bond acceptors (Lipinski definition) is 3. The highest BCUT2D eigenvalue weighted by atomic mass is 16.1. The number of imidazole rings is 1. The molecule has 1 aliphatic rings. The van der Waals surface area contributed by atoms with Crippen LogP contribution in [0.5, 0.6) is 0 Å². The van der Waals surface area contributed by atoms with Gasteiger partial charge in [-0.1, -0.05) is 13.0 Å². The second kappa shape index (κ2) is 6.94. The smallest absolute Gasteiger partial charge is 0.222 e. The number of pyridine rings is 1. The molecule has 2 aromatic rings. The van der Waals surface area contributed by atoms with Crippen LogP contribution in [0.25, 0.3) is 0 Å². The lowest BCUT2D eigenvalue weighted by molar-refractivity contribution is -0.122. The second-order valence-electron chi connectivity index (χ2n) is 6.23. The van der Waals surface area contributed by atoms with Gasteiger partial charge in [-0.25, -0.2) is 4.98 Å². The molecule has 2 heterocycles. The van der Waals surface area contributed by atoms with Crippen molar-refractivity contribution in [3.05, 3.63) is 47.8 Å². The van der Waals surface area contributed by atoms with Crippen molar-refractivity contribution in [2.75, 3.05) is 0 Å². The Morgan fingerprint density at radius 1 is 1.39 bits per heavy atom. The van der Waals surface area contributed by atoms with Crippen molar-refractivity contribution < 1.29 is 4.79 Å². The SMILES string of the molecule is CCc1nccn1CCC(=O)N[C@H](c1ncccc1C)C1CC1. The summed E-state index contributed by atoms with van der Waals surface area (Å²) in [6.07, 6.45) is 9.23. The zero-order valence-electron chi connectivity index (χ0n) is 13.8. The molecular weight excluding hydrogens is 288 g/mol. The summed E-state index contributed by atoms with van der Waals surface area (Å²) < 4.78 is 2.05. The molecule has 1 aliphatic carbocycles. The molecule has 0 unspecified atom stereocenters. The standard InChI is InChI=1S/C18H24N4O/c1-3-15-19-10-12-22(15)11-8-16(23)21-18(14-6-7-14)17-13(2)5-4-9-20-17/h4-5,9-10,12,14,18H,3,6-8,11H2,1-2H3,(H,21,23)/t18-/m0/s1. The number of nitrogens with one attached hydrogen (secondary N) is 1. The van der Waals surface area contributed by atoms with Crippen molar-refractivity contribution in [3.63, 3.8) is 0 Å². The molecule has 1 atom stereocenters. The fourth-order valence-corrected chi connectivity index (χ4v) is 2.99. The second-order valence-corrected chi connectivity index (χ2v) is 6.23. The Hall–Kier alpha value is -2.17. The van der Waals surface area contributed by atoms with Gasteiger partial charge in [-0.05, 0) is 37.3 Å². The summed E-state index contributed by atoms with van der Waals surface area (Å²) in [6.45, 7) is 4.81. The Bertz CT molecular complexity index is 675. The normalized spacial score (nSPS) is 15.4. The average molecular weight is 312 g/mol. The Morgan fingerprint density at radius 3 is 2.91 bits per heavy atom. The van der Waals surface area contributed by atoms with Crippen LogP contribution in [0.2, 0.25) is 0 Å². The molecule has 1 saturated carbocycles. The third-order valence-electron chi connectivity index (χ3n) is 4.45. The van der Waals surface area contributed by atoms with E-state index in [0.717, 1.165) is 23.5 Å². The third kappa shape index (κ3) is 3.78. The number of aromatic nitrogens is 3. The van der Waals surface area contributed by atoms with Gasteiger partial charge >= 0.3 is 0 Å². The third-order valence-corrected chi connectivity index (χ3v) is 4.45. The first kappa shape index (κ1) is 15.7. The van der Waals surface area contributed by atoms with Crippen LogP contribution < -0.4 is 5.32 Å². The van der Waals surface area contributed by atoms with Crippen LogP contribution in [0.1, 0.15) is 49.3 Å². The zero-order chi connectivity index (χ0) is 16.2. The molecule has 1 fully saturated rings. The molecule has 1 amide bonds. The summed E-state index contributed by atoms with van der Waals surface area (Å²) in [4.78, 5) is 21.2. The minimum Gasteiger partial charge on any atom is -0.347 e. The van der Waals surface area contributed by atoms with Gasteiger partial charge in [0.2, 0.25) is 5.91 Å². The van der Waals surface area contributed by atoms with Gasteiger partial charge in [-0.3, -0.25) is 9.78 Å². The fourth-order valence-electron chi connectivity index (χ4n) is 2.99. The van der Waals surface area contributed by atoms with Crippen LogP contribution in [0.4, 0.5) is 0 Å². The van der Waals surface area contributed by atoms with Crippen LogP contribution in [0, 0.1) is 12.8 Å². The lowest BCUT2D eigenvalue weighted by Gasteiger charge is -2.19. The molecular formula is C18H24N4O. The monoisotopic (exact) mass is 312 g/mol. The van der Waals surface area contributed by atoms with Gasteiger partial charge < -0.3 is 9.88 Å². The summed E-state index contributed by atoms with van der Waals surface area (Å²) in [5.41, 5.74) is 2.16. The van der Waals surface area contributed by atoms with E-state index in [1.807, 2.05) is 18.5 Å². The van der Waals surface area contributed by atoms with E-state index in [1.54, 1.807) is 6.20 Å². The number of nitrogens with zero attached hydrogens (tertiary/aromatic N) is 3. The number of amides is 1. The summed E-state index contributed by atoms with van der Waals surface area (Å²) in [5.74, 6) is 1.65. The van der Waals surface area contributed by atoms with Crippen LogP contribution in [-0.2, 0) is 17.8 Å². The van der Waals surface area contributed by atoms with Crippen molar-refractivity contribution >= 4 is 5.91 Å². The fraction of sp³-hybridized carbons (Fsp3) is 0.500. The molecule has 0 bridgehead atoms. The van der Waals surface area contributed by atoms with Crippen LogP contribution in [0.15, 0.2) is 30.7 Å². The molecule has 1 N–H and O–H groups in total. The van der Waals surface area contributed by atoms with E-state index in [1.165, 1.54) is 12.8 Å². The van der Waals surface area contributed by atoms with Crippen LogP contribution in [0.3, 0.4) is 0 Å². The van der Waals surface area contributed by atoms with E-state index < -0.39 is 0 Å². The lowest BCUT2D eigenvalue weighted by Crippen LogP contribution is -2.31. The van der Waals surface area contributed by atoms with Gasteiger partial charge in [-0.2, -0.15) is 0 Å². The molecule has 5 nitrogen and oxygen atoms in total. The van der Waals surface area contributed by atoms with E-state index in [-0.39, 0.29) is 11.9 Å². The Balaban J connectivity index is 1.62. The quantitative estimate of drug-likeness (QED) is 0.855. The average Bonchev–Trinajstić information content (AvgIpc) is 3.29. The van der Waals surface area contributed by atoms with Crippen LogP contribution in [-0.4, -0.2) is 20.4 Å². The topological polar surface area (TPSA) is 59.8 Å². The summed E-state index contributed by atoms with van der Waals surface area (Å²) in [5, 5.41) is 3.20. The Kier molecular flexibility index (Phi) is 4.74. The van der Waals surface area contributed by atoms with Gasteiger partial charge in [-0.15, -0.1) is 0 Å². The van der Waals surface area contributed by atoms with Gasteiger partial charge in [0.1, 0.15) is 5.82 Å². The van der Waals surface area contributed by atoms with Crippen molar-refractivity contribution in [1.29, 1.82) is 0 Å². The van der Waals surface area contributed by atoms with Gasteiger partial charge in [0.15, 0.2) is 0 Å². The highest BCUT2D eigenvalue weighted by Gasteiger charge is 2.34. The maximum Gasteiger partial charge on any atom is 0.222 e. The zero-order valence-corrected chi connectivity index (χ0v) is 13.8. The number of carbonyl (C=O) groups is 1. The maximum atomic E-state index is 12.4. The highest BCUT2D eigenvalue weighted by molar-refractivity contribution is 5.76. The molecule has 3 rings (SSSR count). The number of aryl methyl sites for hydroxylation is 3. The predicted molar refractivity (Wildman–Crippen MR) is 88.8 cm³/mol. The van der Waals surface area contributed by atoms with Crippen molar-refractivity contribution in [2.45, 2.75) is 52.1 Å². The minimum atomic E-state index is 0.0529. The van der Waals surface area contributed by atoms with Crippen LogP contribution >= 0.6 is 0 Å². The Morgan fingerprint density at radius 2 is 2.22 bits per heavy atom. The van der Waals surface area contributed by atoms with Gasteiger partial charge in [0.25, 0.3) is 0 Å². The molecule has 0 saturated heterocycles. The van der Waals surface area contributed by atoms with E-state index in [4.69, 9.17) is 0 Å². The van der Waals surface area contributed by atoms with Gasteiger partial charge in [0.05, 0.1) is 11.7 Å². The molecule has 23 heavy (non-hydrogen) atoms. The Labute approximate surface area is 137 Å². The summed E-state index contributed by atoms with van der Waals surface area (Å²) >= 11 is 0. The van der Waals surface area contributed by atoms with Crippen molar-refractivity contribution in [3.8, 4) is 0 Å². The first-order valence-corrected chi connectivity index (χ1v) is 8.40. The van der Waals surface area contributed by atoms with Gasteiger partial charge in [0, 0.05) is 38.0 Å². The predicted octanol–water partition coefficient (Wildman–Crippen LogP) is 2.81. The molecule has 5 heteroatoms. The maximum absolute atomic E-state index is 12.4. The molecule has 122 valence electrons. The molecule has 2 aromatic heterocycles. The number of hydrogen-bond donors (Lipinski definition) is 1. The first-order chi connectivity index (χ1) is 11.2. The molecule has 0 spiro atoms. The van der Waals surface area contributed by atoms with E-state index in [2.05, 4.69) is 39.8 Å². The van der Waals surface area contributed by atoms with Crippen molar-refractivity contribution in [2.24, 2.45) is 5.92 Å². The summed E-state index contributed by atoms with van der Waals surface area (Å²) in [6, 6.07) is 4.05. The first-order valence-electron chi connectivity index (χ1n) is 8.40. The largest absolute Gasteiger partial charge is 0.347 e. The highest BCUT2D eigenvalue weighted by Crippen LogP contribution is 2.41. The number of rotatable bonds is 7.